The molecule has 0 saturated carbocycles. The molecule has 0 bridgehead atoms. The molecule has 6 heteroatoms. The molecule has 0 saturated heterocycles. The smallest absolute Gasteiger partial charge is 0.300 e. The summed E-state index contributed by atoms with van der Waals surface area (Å²) in [5.41, 5.74) is 0. The van der Waals surface area contributed by atoms with Crippen molar-refractivity contribution in [2.75, 3.05) is 19.0 Å². The van der Waals surface area contributed by atoms with Gasteiger partial charge in [-0.05, 0) is 12.1 Å². The van der Waals surface area contributed by atoms with E-state index in [1.165, 1.54) is 13.2 Å². The summed E-state index contributed by atoms with van der Waals surface area (Å²) in [5, 5.41) is 0.460. The van der Waals surface area contributed by atoms with Gasteiger partial charge in [0.1, 0.15) is 10.6 Å². The molecule has 0 aliphatic heterocycles. The standard InChI is InChI=1S/C9H11BrO4S/c1-13-8-4-2-3-5-9(8)15(11,12)14-7-6-10/h2-5H,6-7H2,1H3. The Bertz CT molecular complexity index is 416. The van der Waals surface area contributed by atoms with Gasteiger partial charge in [-0.25, -0.2) is 0 Å². The molecular formula is C9H11BrO4S. The van der Waals surface area contributed by atoms with E-state index < -0.39 is 10.1 Å². The van der Waals surface area contributed by atoms with Gasteiger partial charge in [-0.2, -0.15) is 8.42 Å². The second-order valence-electron chi connectivity index (χ2n) is 2.62. The third-order valence-corrected chi connectivity index (χ3v) is 3.33. The van der Waals surface area contributed by atoms with E-state index in [1.54, 1.807) is 18.2 Å². The average Bonchev–Trinajstić information content (AvgIpc) is 2.26. The van der Waals surface area contributed by atoms with E-state index >= 15 is 0 Å². The van der Waals surface area contributed by atoms with Crippen molar-refractivity contribution in [3.63, 3.8) is 0 Å². The Labute approximate surface area is 97.5 Å². The Morgan fingerprint density at radius 2 is 2.00 bits per heavy atom. The largest absolute Gasteiger partial charge is 0.495 e. The number of hydrogen-bond acceptors (Lipinski definition) is 4. The second-order valence-corrected chi connectivity index (χ2v) is 4.99. The number of ether oxygens (including phenoxy) is 1. The maximum absolute atomic E-state index is 11.6. The molecule has 15 heavy (non-hydrogen) atoms. The second kappa shape index (κ2) is 5.48. The number of halogens is 1. The predicted octanol–water partition coefficient (Wildman–Crippen LogP) is 1.80. The molecule has 4 nitrogen and oxygen atoms in total. The average molecular weight is 295 g/mol. The summed E-state index contributed by atoms with van der Waals surface area (Å²) in [5.74, 6) is 0.284. The highest BCUT2D eigenvalue weighted by Gasteiger charge is 2.19. The Hall–Kier alpha value is -0.590. The lowest BCUT2D eigenvalue weighted by Gasteiger charge is -2.08. The van der Waals surface area contributed by atoms with Crippen LogP contribution in [0.25, 0.3) is 0 Å². The molecule has 0 heterocycles. The van der Waals surface area contributed by atoms with Crippen molar-refractivity contribution in [2.45, 2.75) is 4.90 Å². The highest BCUT2D eigenvalue weighted by Crippen LogP contribution is 2.24. The number of hydrogen-bond donors (Lipinski definition) is 0. The van der Waals surface area contributed by atoms with Crippen LogP contribution in [0.1, 0.15) is 0 Å². The van der Waals surface area contributed by atoms with Gasteiger partial charge in [-0.3, -0.25) is 4.18 Å². The van der Waals surface area contributed by atoms with Gasteiger partial charge in [0.15, 0.2) is 0 Å². The third-order valence-electron chi connectivity index (χ3n) is 1.65. The van der Waals surface area contributed by atoms with Crippen LogP contribution in [-0.4, -0.2) is 27.5 Å². The van der Waals surface area contributed by atoms with Crippen LogP contribution in [0.5, 0.6) is 5.75 Å². The van der Waals surface area contributed by atoms with Gasteiger partial charge in [0.05, 0.1) is 13.7 Å². The van der Waals surface area contributed by atoms with E-state index in [0.29, 0.717) is 5.33 Å². The Morgan fingerprint density at radius 1 is 1.33 bits per heavy atom. The highest BCUT2D eigenvalue weighted by atomic mass is 79.9. The Kier molecular flexibility index (Phi) is 4.56. The predicted molar refractivity (Wildman–Crippen MR) is 59.9 cm³/mol. The molecule has 84 valence electrons. The summed E-state index contributed by atoms with van der Waals surface area (Å²) < 4.78 is 33.0. The van der Waals surface area contributed by atoms with Gasteiger partial charge >= 0.3 is 10.1 Å². The van der Waals surface area contributed by atoms with Crippen LogP contribution in [0.2, 0.25) is 0 Å². The first-order valence-corrected chi connectivity index (χ1v) is 6.73. The zero-order chi connectivity index (χ0) is 11.3. The lowest BCUT2D eigenvalue weighted by molar-refractivity contribution is 0.336. The summed E-state index contributed by atoms with van der Waals surface area (Å²) in [6.45, 7) is 0.0976. The van der Waals surface area contributed by atoms with Crippen LogP contribution in [0.4, 0.5) is 0 Å². The van der Waals surface area contributed by atoms with Crippen molar-refractivity contribution in [1.82, 2.24) is 0 Å². The lowest BCUT2D eigenvalue weighted by atomic mass is 10.3. The summed E-state index contributed by atoms with van der Waals surface area (Å²) in [7, 11) is -2.30. The topological polar surface area (TPSA) is 52.6 Å². The number of methoxy groups -OCH3 is 1. The summed E-state index contributed by atoms with van der Waals surface area (Å²) in [4.78, 5) is 0.0495. The molecule has 0 amide bonds. The fourth-order valence-corrected chi connectivity index (χ4v) is 2.48. The van der Waals surface area contributed by atoms with E-state index in [2.05, 4.69) is 15.9 Å². The number of para-hydroxylation sites is 1. The lowest BCUT2D eigenvalue weighted by Crippen LogP contribution is -2.09. The van der Waals surface area contributed by atoms with Gasteiger partial charge < -0.3 is 4.74 Å². The maximum Gasteiger partial charge on any atom is 0.300 e. The number of alkyl halides is 1. The molecule has 0 spiro atoms. The van der Waals surface area contributed by atoms with Crippen molar-refractivity contribution < 1.29 is 17.3 Å². The quantitative estimate of drug-likeness (QED) is 0.614. The third kappa shape index (κ3) is 3.19. The van der Waals surface area contributed by atoms with E-state index in [1.807, 2.05) is 0 Å². The summed E-state index contributed by atoms with van der Waals surface area (Å²) in [6.07, 6.45) is 0. The molecule has 1 rings (SSSR count). The number of benzene rings is 1. The monoisotopic (exact) mass is 294 g/mol. The highest BCUT2D eigenvalue weighted by molar-refractivity contribution is 9.09. The molecule has 0 atom stereocenters. The summed E-state index contributed by atoms with van der Waals surface area (Å²) in [6, 6.07) is 6.34. The number of rotatable bonds is 5. The first-order valence-electron chi connectivity index (χ1n) is 4.20. The van der Waals surface area contributed by atoms with Gasteiger partial charge in [0, 0.05) is 5.33 Å². The maximum atomic E-state index is 11.6. The fraction of sp³-hybridized carbons (Fsp3) is 0.333. The van der Waals surface area contributed by atoms with Gasteiger partial charge in [0.25, 0.3) is 0 Å². The van der Waals surface area contributed by atoms with E-state index in [9.17, 15) is 8.42 Å². The van der Waals surface area contributed by atoms with Crippen molar-refractivity contribution in [2.24, 2.45) is 0 Å². The molecule has 1 aromatic carbocycles. The normalized spacial score (nSPS) is 11.3. The first kappa shape index (κ1) is 12.5. The zero-order valence-electron chi connectivity index (χ0n) is 8.14. The van der Waals surface area contributed by atoms with Crippen LogP contribution in [-0.2, 0) is 14.3 Å². The van der Waals surface area contributed by atoms with Crippen LogP contribution in [0.3, 0.4) is 0 Å². The van der Waals surface area contributed by atoms with Crippen LogP contribution >= 0.6 is 15.9 Å². The molecule has 0 aromatic heterocycles. The molecule has 0 N–H and O–H groups in total. The SMILES string of the molecule is COc1ccccc1S(=O)(=O)OCCBr. The minimum atomic E-state index is -3.72. The van der Waals surface area contributed by atoms with Crippen molar-refractivity contribution in [3.05, 3.63) is 24.3 Å². The minimum absolute atomic E-state index is 0.0495. The molecule has 0 aliphatic carbocycles. The van der Waals surface area contributed by atoms with Crippen molar-refractivity contribution >= 4 is 26.0 Å². The van der Waals surface area contributed by atoms with Crippen molar-refractivity contribution in [1.29, 1.82) is 0 Å². The molecule has 0 aliphatic rings. The summed E-state index contributed by atoms with van der Waals surface area (Å²) >= 11 is 3.09. The Balaban J connectivity index is 3.04. The zero-order valence-corrected chi connectivity index (χ0v) is 10.5. The molecular weight excluding hydrogens is 284 g/mol. The van der Waals surface area contributed by atoms with Crippen LogP contribution in [0.15, 0.2) is 29.2 Å². The minimum Gasteiger partial charge on any atom is -0.495 e. The van der Waals surface area contributed by atoms with Gasteiger partial charge in [0.2, 0.25) is 0 Å². The molecule has 0 radical (unpaired) electrons. The van der Waals surface area contributed by atoms with E-state index in [4.69, 9.17) is 8.92 Å². The van der Waals surface area contributed by atoms with E-state index in [-0.39, 0.29) is 17.3 Å². The first-order chi connectivity index (χ1) is 7.11. The van der Waals surface area contributed by atoms with E-state index in [0.717, 1.165) is 0 Å². The van der Waals surface area contributed by atoms with Crippen LogP contribution < -0.4 is 4.74 Å². The molecule has 0 unspecified atom stereocenters. The molecule has 1 aromatic rings. The van der Waals surface area contributed by atoms with Crippen molar-refractivity contribution in [3.8, 4) is 5.75 Å². The van der Waals surface area contributed by atoms with Gasteiger partial charge in [-0.15, -0.1) is 0 Å². The Morgan fingerprint density at radius 3 is 2.60 bits per heavy atom. The van der Waals surface area contributed by atoms with Crippen LogP contribution in [0, 0.1) is 0 Å². The fourth-order valence-electron chi connectivity index (χ4n) is 1.03. The molecule has 0 fully saturated rings. The van der Waals surface area contributed by atoms with Gasteiger partial charge in [-0.1, -0.05) is 28.1 Å².